The molecule has 0 aromatic carbocycles. The molecule has 0 saturated carbocycles. The summed E-state index contributed by atoms with van der Waals surface area (Å²) < 4.78 is 39.1. The van der Waals surface area contributed by atoms with Crippen molar-refractivity contribution in [2.45, 2.75) is 52.4 Å². The zero-order chi connectivity index (χ0) is 19.0. The van der Waals surface area contributed by atoms with Crippen molar-refractivity contribution in [3.05, 3.63) is 17.5 Å². The average Bonchev–Trinajstić information content (AvgIpc) is 3.02. The van der Waals surface area contributed by atoms with Crippen molar-refractivity contribution in [2.24, 2.45) is 5.92 Å². The van der Waals surface area contributed by atoms with Crippen LogP contribution in [0.4, 0.5) is 13.2 Å². The number of alkyl halides is 3. The number of carbonyl (C=O) groups excluding carboxylic acids is 2. The molecule has 0 unspecified atom stereocenters. The van der Waals surface area contributed by atoms with E-state index in [0.717, 1.165) is 6.07 Å². The van der Waals surface area contributed by atoms with E-state index in [1.807, 2.05) is 20.8 Å². The maximum Gasteiger partial charge on any atom is 0.435 e. The lowest BCUT2D eigenvalue weighted by Crippen LogP contribution is -2.43. The van der Waals surface area contributed by atoms with E-state index in [4.69, 9.17) is 0 Å². The molecule has 1 aromatic rings. The Morgan fingerprint density at radius 2 is 2.00 bits per heavy atom. The van der Waals surface area contributed by atoms with Crippen molar-refractivity contribution in [2.75, 3.05) is 13.1 Å². The van der Waals surface area contributed by atoms with Gasteiger partial charge in [0.15, 0.2) is 5.69 Å². The summed E-state index contributed by atoms with van der Waals surface area (Å²) in [5.74, 6) is -0.762. The summed E-state index contributed by atoms with van der Waals surface area (Å²) in [6.45, 7) is 7.89. The summed E-state index contributed by atoms with van der Waals surface area (Å²) in [5.41, 5.74) is -0.915. The third-order valence-electron chi connectivity index (χ3n) is 4.20. The fourth-order valence-corrected chi connectivity index (χ4v) is 2.84. The lowest BCUT2D eigenvalue weighted by atomic mass is 10.1. The van der Waals surface area contributed by atoms with Gasteiger partial charge in [0.25, 0.3) is 0 Å². The highest BCUT2D eigenvalue weighted by Crippen LogP contribution is 2.28. The van der Waals surface area contributed by atoms with E-state index in [1.54, 1.807) is 4.90 Å². The van der Waals surface area contributed by atoms with Gasteiger partial charge in [-0.2, -0.15) is 18.3 Å². The Bertz CT molecular complexity index is 661. The number of hydrogen-bond donors (Lipinski definition) is 1. The molecule has 6 nitrogen and oxygen atoms in total. The van der Waals surface area contributed by atoms with Crippen LogP contribution in [0.15, 0.2) is 6.07 Å². The van der Waals surface area contributed by atoms with E-state index in [0.29, 0.717) is 12.2 Å². The third kappa shape index (κ3) is 4.52. The van der Waals surface area contributed by atoms with E-state index in [-0.39, 0.29) is 36.9 Å². The Balaban J connectivity index is 1.88. The molecule has 2 heterocycles. The van der Waals surface area contributed by atoms with Gasteiger partial charge in [0.05, 0.1) is 12.5 Å². The van der Waals surface area contributed by atoms with Crippen molar-refractivity contribution in [1.82, 2.24) is 20.0 Å². The van der Waals surface area contributed by atoms with E-state index in [2.05, 4.69) is 10.4 Å². The van der Waals surface area contributed by atoms with Crippen LogP contribution in [-0.2, 0) is 22.3 Å². The first-order chi connectivity index (χ1) is 11.4. The lowest BCUT2D eigenvalue weighted by molar-refractivity contribution is -0.141. The summed E-state index contributed by atoms with van der Waals surface area (Å²) >= 11 is 0. The highest BCUT2D eigenvalue weighted by atomic mass is 19.4. The fourth-order valence-electron chi connectivity index (χ4n) is 2.84. The Labute approximate surface area is 144 Å². The van der Waals surface area contributed by atoms with Crippen LogP contribution < -0.4 is 5.32 Å². The van der Waals surface area contributed by atoms with E-state index >= 15 is 0 Å². The molecule has 1 N–H and O–H groups in total. The van der Waals surface area contributed by atoms with Gasteiger partial charge in [0, 0.05) is 30.7 Å². The fraction of sp³-hybridized carbons (Fsp3) is 0.688. The van der Waals surface area contributed by atoms with Gasteiger partial charge in [0.1, 0.15) is 0 Å². The number of rotatable bonds is 4. The predicted octanol–water partition coefficient (Wildman–Crippen LogP) is 1.97. The maximum absolute atomic E-state index is 12.6. The molecule has 0 radical (unpaired) electrons. The molecule has 1 saturated heterocycles. The molecule has 1 aliphatic heterocycles. The minimum Gasteiger partial charge on any atom is -0.354 e. The van der Waals surface area contributed by atoms with E-state index in [9.17, 15) is 22.8 Å². The Morgan fingerprint density at radius 3 is 2.48 bits per heavy atom. The summed E-state index contributed by atoms with van der Waals surface area (Å²) in [6.07, 6.45) is -4.33. The van der Waals surface area contributed by atoms with Gasteiger partial charge in [-0.3, -0.25) is 14.3 Å². The number of likely N-dealkylation sites (tertiary alicyclic amines) is 1. The minimum absolute atomic E-state index is 0.0645. The summed E-state index contributed by atoms with van der Waals surface area (Å²) in [7, 11) is 0. The number of aromatic nitrogens is 2. The second kappa shape index (κ2) is 6.68. The summed E-state index contributed by atoms with van der Waals surface area (Å²) in [6, 6.07) is 0.971. The topological polar surface area (TPSA) is 67.2 Å². The Kier molecular flexibility index (Phi) is 5.15. The Hall–Kier alpha value is -2.06. The molecule has 1 fully saturated rings. The Morgan fingerprint density at radius 1 is 1.36 bits per heavy atom. The second-order valence-electron chi connectivity index (χ2n) is 7.26. The molecule has 25 heavy (non-hydrogen) atoms. The minimum atomic E-state index is -4.49. The molecule has 9 heteroatoms. The molecular weight excluding hydrogens is 337 g/mol. The van der Waals surface area contributed by atoms with Crippen molar-refractivity contribution in [3.63, 3.8) is 0 Å². The monoisotopic (exact) mass is 360 g/mol. The number of amides is 2. The van der Waals surface area contributed by atoms with Crippen LogP contribution in [0.5, 0.6) is 0 Å². The first kappa shape index (κ1) is 19.3. The quantitative estimate of drug-likeness (QED) is 0.893. The van der Waals surface area contributed by atoms with Crippen LogP contribution in [0, 0.1) is 12.8 Å². The van der Waals surface area contributed by atoms with Crippen LogP contribution in [0.2, 0.25) is 0 Å². The highest BCUT2D eigenvalue weighted by Gasteiger charge is 2.39. The SMILES string of the molecule is Cc1cc(C(F)(F)F)nn1CCNC(=O)[C@H]1CC(=O)N(C(C)(C)C)C1. The van der Waals surface area contributed by atoms with Crippen LogP contribution in [0.25, 0.3) is 0 Å². The number of hydrogen-bond acceptors (Lipinski definition) is 3. The smallest absolute Gasteiger partial charge is 0.354 e. The number of halogens is 3. The van der Waals surface area contributed by atoms with Crippen molar-refractivity contribution < 1.29 is 22.8 Å². The van der Waals surface area contributed by atoms with Crippen molar-refractivity contribution in [1.29, 1.82) is 0 Å². The van der Waals surface area contributed by atoms with E-state index < -0.39 is 17.8 Å². The van der Waals surface area contributed by atoms with Gasteiger partial charge in [0.2, 0.25) is 11.8 Å². The second-order valence-corrected chi connectivity index (χ2v) is 7.26. The van der Waals surface area contributed by atoms with Gasteiger partial charge < -0.3 is 10.2 Å². The van der Waals surface area contributed by atoms with Crippen LogP contribution in [0.3, 0.4) is 0 Å². The maximum atomic E-state index is 12.6. The van der Waals surface area contributed by atoms with E-state index in [1.165, 1.54) is 11.6 Å². The summed E-state index contributed by atoms with van der Waals surface area (Å²) in [5, 5.41) is 6.19. The number of nitrogens with zero attached hydrogens (tertiary/aromatic N) is 3. The molecule has 1 atom stereocenters. The van der Waals surface area contributed by atoms with Gasteiger partial charge >= 0.3 is 6.18 Å². The van der Waals surface area contributed by atoms with Gasteiger partial charge in [-0.15, -0.1) is 0 Å². The molecule has 2 rings (SSSR count). The van der Waals surface area contributed by atoms with Gasteiger partial charge in [-0.05, 0) is 33.8 Å². The van der Waals surface area contributed by atoms with Crippen LogP contribution >= 0.6 is 0 Å². The highest BCUT2D eigenvalue weighted by molar-refractivity contribution is 5.89. The molecule has 0 spiro atoms. The number of nitrogens with one attached hydrogen (secondary N) is 1. The average molecular weight is 360 g/mol. The van der Waals surface area contributed by atoms with Crippen LogP contribution in [-0.4, -0.2) is 45.1 Å². The third-order valence-corrected chi connectivity index (χ3v) is 4.20. The van der Waals surface area contributed by atoms with Crippen LogP contribution in [0.1, 0.15) is 38.6 Å². The standard InChI is InChI=1S/C16H23F3N4O2/c1-10-7-12(16(17,18)19)21-23(10)6-5-20-14(25)11-8-13(24)22(9-11)15(2,3)4/h7,11H,5-6,8-9H2,1-4H3,(H,20,25)/t11-/m0/s1. The zero-order valence-electron chi connectivity index (χ0n) is 14.8. The van der Waals surface area contributed by atoms with Crippen molar-refractivity contribution >= 4 is 11.8 Å². The molecule has 1 aliphatic rings. The first-order valence-corrected chi connectivity index (χ1v) is 8.09. The van der Waals surface area contributed by atoms with Gasteiger partial charge in [-0.25, -0.2) is 0 Å². The molecule has 1 aromatic heterocycles. The molecule has 140 valence electrons. The first-order valence-electron chi connectivity index (χ1n) is 8.09. The zero-order valence-corrected chi connectivity index (χ0v) is 14.8. The molecular formula is C16H23F3N4O2. The normalized spacial score (nSPS) is 18.8. The van der Waals surface area contributed by atoms with Gasteiger partial charge in [-0.1, -0.05) is 0 Å². The molecule has 2 amide bonds. The van der Waals surface area contributed by atoms with Crippen molar-refractivity contribution in [3.8, 4) is 0 Å². The number of aryl methyl sites for hydroxylation is 1. The molecule has 0 aliphatic carbocycles. The lowest BCUT2D eigenvalue weighted by Gasteiger charge is -2.31. The summed E-state index contributed by atoms with van der Waals surface area (Å²) in [4.78, 5) is 25.9. The number of carbonyl (C=O) groups is 2. The largest absolute Gasteiger partial charge is 0.435 e. The molecule has 0 bridgehead atoms. The predicted molar refractivity (Wildman–Crippen MR) is 84.5 cm³/mol.